The lowest BCUT2D eigenvalue weighted by Gasteiger charge is -2.09. The Morgan fingerprint density at radius 3 is 2.10 bits per heavy atom. The van der Waals surface area contributed by atoms with Gasteiger partial charge in [-0.05, 0) is 31.2 Å². The molecule has 12 heteroatoms. The Morgan fingerprint density at radius 1 is 0.931 bits per heavy atom. The summed E-state index contributed by atoms with van der Waals surface area (Å²) in [5.74, 6) is -12.0. The molecule has 0 saturated carbocycles. The van der Waals surface area contributed by atoms with Gasteiger partial charge < -0.3 is 5.32 Å². The van der Waals surface area contributed by atoms with E-state index in [1.165, 1.54) is 23.5 Å². The maximum absolute atomic E-state index is 13.7. The third kappa shape index (κ3) is 3.10. The molecule has 0 aliphatic heterocycles. The van der Waals surface area contributed by atoms with E-state index < -0.39 is 40.6 Å². The molecule has 0 spiro atoms. The Kier molecular flexibility index (Phi) is 4.49. The van der Waals surface area contributed by atoms with Crippen LogP contribution in [0.3, 0.4) is 0 Å². The number of nitrogens with one attached hydrogen (secondary N) is 1. The van der Waals surface area contributed by atoms with Crippen molar-refractivity contribution in [3.63, 3.8) is 0 Å². The van der Waals surface area contributed by atoms with Crippen LogP contribution in [0.25, 0.3) is 15.5 Å². The van der Waals surface area contributed by atoms with E-state index in [9.17, 15) is 26.7 Å². The van der Waals surface area contributed by atoms with Crippen LogP contribution in [0.15, 0.2) is 24.3 Å². The van der Waals surface area contributed by atoms with Crippen molar-refractivity contribution < 1.29 is 26.7 Å². The number of rotatable bonds is 3. The molecule has 0 aliphatic rings. The number of fused-ring (bicyclic) bond motifs is 1. The minimum Gasteiger partial charge on any atom is -0.322 e. The third-order valence-electron chi connectivity index (χ3n) is 3.97. The molecule has 2 aromatic carbocycles. The van der Waals surface area contributed by atoms with Gasteiger partial charge in [0.2, 0.25) is 10.8 Å². The topological polar surface area (TPSA) is 72.2 Å². The standard InChI is InChI=1S/C17H8F5N5OS/c1-6-24-25-17-27(6)26-16(29-17)7-2-4-8(5-3-7)23-15(28)9-10(18)12(20)14(22)13(21)11(9)19/h2-5H,1H3,(H,23,28). The Labute approximate surface area is 162 Å². The highest BCUT2D eigenvalue weighted by Crippen LogP contribution is 2.27. The van der Waals surface area contributed by atoms with Crippen LogP contribution >= 0.6 is 11.3 Å². The van der Waals surface area contributed by atoms with Gasteiger partial charge in [-0.15, -0.1) is 10.2 Å². The van der Waals surface area contributed by atoms with Crippen molar-refractivity contribution in [1.82, 2.24) is 19.8 Å². The number of carbonyl (C=O) groups is 1. The Hall–Kier alpha value is -3.41. The summed E-state index contributed by atoms with van der Waals surface area (Å²) < 4.78 is 68.7. The van der Waals surface area contributed by atoms with Crippen LogP contribution in [0.2, 0.25) is 0 Å². The fraction of sp³-hybridized carbons (Fsp3) is 0.0588. The average molecular weight is 425 g/mol. The summed E-state index contributed by atoms with van der Waals surface area (Å²) in [5, 5.41) is 14.9. The molecule has 0 radical (unpaired) electrons. The molecule has 4 aromatic rings. The van der Waals surface area contributed by atoms with E-state index in [0.29, 0.717) is 21.4 Å². The lowest BCUT2D eigenvalue weighted by molar-refractivity contribution is 0.101. The van der Waals surface area contributed by atoms with Crippen LogP contribution in [0.1, 0.15) is 16.2 Å². The lowest BCUT2D eigenvalue weighted by Crippen LogP contribution is -2.19. The first-order chi connectivity index (χ1) is 13.8. The smallest absolute Gasteiger partial charge is 0.261 e. The molecule has 0 fully saturated rings. The minimum atomic E-state index is -2.33. The molecule has 0 saturated heterocycles. The van der Waals surface area contributed by atoms with Crippen molar-refractivity contribution in [3.05, 3.63) is 64.7 Å². The van der Waals surface area contributed by atoms with Crippen molar-refractivity contribution in [2.45, 2.75) is 6.92 Å². The monoisotopic (exact) mass is 425 g/mol. The quantitative estimate of drug-likeness (QED) is 0.305. The molecular weight excluding hydrogens is 417 g/mol. The fourth-order valence-electron chi connectivity index (χ4n) is 2.53. The number of benzene rings is 2. The third-order valence-corrected chi connectivity index (χ3v) is 4.92. The zero-order chi connectivity index (χ0) is 20.9. The number of hydrogen-bond donors (Lipinski definition) is 1. The summed E-state index contributed by atoms with van der Waals surface area (Å²) in [6.07, 6.45) is 0. The van der Waals surface area contributed by atoms with Crippen molar-refractivity contribution in [1.29, 1.82) is 0 Å². The second-order valence-electron chi connectivity index (χ2n) is 5.83. The minimum absolute atomic E-state index is 0.0851. The van der Waals surface area contributed by atoms with E-state index in [1.807, 2.05) is 0 Å². The van der Waals surface area contributed by atoms with Gasteiger partial charge in [-0.1, -0.05) is 11.3 Å². The maximum Gasteiger partial charge on any atom is 0.261 e. The summed E-state index contributed by atoms with van der Waals surface area (Å²) in [7, 11) is 0. The van der Waals surface area contributed by atoms with Crippen molar-refractivity contribution in [2.24, 2.45) is 0 Å². The highest BCUT2D eigenvalue weighted by molar-refractivity contribution is 7.19. The summed E-state index contributed by atoms with van der Waals surface area (Å²) in [6, 6.07) is 5.92. The van der Waals surface area contributed by atoms with Gasteiger partial charge in [0.1, 0.15) is 10.6 Å². The van der Waals surface area contributed by atoms with E-state index in [0.717, 1.165) is 0 Å². The Bertz CT molecular complexity index is 1240. The zero-order valence-corrected chi connectivity index (χ0v) is 15.1. The Balaban J connectivity index is 1.60. The van der Waals surface area contributed by atoms with E-state index in [1.54, 1.807) is 23.6 Å². The highest BCUT2D eigenvalue weighted by Gasteiger charge is 2.29. The summed E-state index contributed by atoms with van der Waals surface area (Å²) >= 11 is 1.27. The Morgan fingerprint density at radius 2 is 1.52 bits per heavy atom. The summed E-state index contributed by atoms with van der Waals surface area (Å²) in [4.78, 5) is 12.7. The van der Waals surface area contributed by atoms with Gasteiger partial charge >= 0.3 is 0 Å². The summed E-state index contributed by atoms with van der Waals surface area (Å²) in [6.45, 7) is 1.74. The second kappa shape index (κ2) is 6.88. The number of aromatic nitrogens is 4. The molecule has 1 N–H and O–H groups in total. The molecule has 0 aliphatic carbocycles. The van der Waals surface area contributed by atoms with Crippen LogP contribution in [0, 0.1) is 36.0 Å². The van der Waals surface area contributed by atoms with Crippen LogP contribution in [0.5, 0.6) is 0 Å². The molecule has 0 bridgehead atoms. The van der Waals surface area contributed by atoms with Gasteiger partial charge in [-0.3, -0.25) is 4.79 Å². The molecule has 0 atom stereocenters. The molecule has 29 heavy (non-hydrogen) atoms. The normalized spacial score (nSPS) is 11.2. The van der Waals surface area contributed by atoms with Gasteiger partial charge in [0.25, 0.3) is 5.91 Å². The van der Waals surface area contributed by atoms with Crippen LogP contribution in [-0.2, 0) is 0 Å². The predicted octanol–water partition coefficient (Wildman–Crippen LogP) is 4.11. The first-order valence-electron chi connectivity index (χ1n) is 7.90. The van der Waals surface area contributed by atoms with E-state index in [2.05, 4.69) is 20.6 Å². The van der Waals surface area contributed by atoms with Crippen LogP contribution < -0.4 is 5.32 Å². The molecule has 0 unspecified atom stereocenters. The van der Waals surface area contributed by atoms with E-state index in [4.69, 9.17) is 0 Å². The molecule has 4 rings (SSSR count). The van der Waals surface area contributed by atoms with Crippen molar-refractivity contribution in [2.75, 3.05) is 5.32 Å². The molecule has 1 amide bonds. The molecule has 2 heterocycles. The number of anilines is 1. The van der Waals surface area contributed by atoms with Crippen molar-refractivity contribution in [3.8, 4) is 10.6 Å². The van der Waals surface area contributed by atoms with Gasteiger partial charge in [-0.25, -0.2) is 22.0 Å². The predicted molar refractivity (Wildman–Crippen MR) is 93.0 cm³/mol. The number of amides is 1. The maximum atomic E-state index is 13.7. The highest BCUT2D eigenvalue weighted by atomic mass is 32.1. The van der Waals surface area contributed by atoms with Gasteiger partial charge in [-0.2, -0.15) is 9.61 Å². The number of hydrogen-bond acceptors (Lipinski definition) is 5. The SMILES string of the molecule is Cc1nnc2sc(-c3ccc(NC(=O)c4c(F)c(F)c(F)c(F)c4F)cc3)nn12. The van der Waals surface area contributed by atoms with Gasteiger partial charge in [0.15, 0.2) is 29.1 Å². The average Bonchev–Trinajstić information content (AvgIpc) is 3.28. The van der Waals surface area contributed by atoms with Gasteiger partial charge in [0.05, 0.1) is 0 Å². The molecular formula is C17H8F5N5OS. The fourth-order valence-corrected chi connectivity index (χ4v) is 3.42. The van der Waals surface area contributed by atoms with Crippen LogP contribution in [-0.4, -0.2) is 25.7 Å². The van der Waals surface area contributed by atoms with E-state index in [-0.39, 0.29) is 5.69 Å². The summed E-state index contributed by atoms with van der Waals surface area (Å²) in [5.41, 5.74) is -0.814. The van der Waals surface area contributed by atoms with Gasteiger partial charge in [0, 0.05) is 11.3 Å². The lowest BCUT2D eigenvalue weighted by atomic mass is 10.1. The molecule has 2 aromatic heterocycles. The first-order valence-corrected chi connectivity index (χ1v) is 8.71. The molecule has 148 valence electrons. The number of carbonyl (C=O) groups excluding carboxylic acids is 1. The number of aryl methyl sites for hydroxylation is 1. The van der Waals surface area contributed by atoms with E-state index >= 15 is 0 Å². The zero-order valence-electron chi connectivity index (χ0n) is 14.3. The number of halogens is 5. The molecule has 6 nitrogen and oxygen atoms in total. The second-order valence-corrected chi connectivity index (χ2v) is 6.78. The first kappa shape index (κ1) is 18.9. The van der Waals surface area contributed by atoms with Crippen LogP contribution in [0.4, 0.5) is 27.6 Å². The van der Waals surface area contributed by atoms with Crippen molar-refractivity contribution >= 4 is 27.9 Å². The largest absolute Gasteiger partial charge is 0.322 e. The number of nitrogens with zero attached hydrogens (tertiary/aromatic N) is 4.